The van der Waals surface area contributed by atoms with Crippen molar-refractivity contribution in [2.75, 3.05) is 0 Å². The molecule has 0 bridgehead atoms. The van der Waals surface area contributed by atoms with Crippen molar-refractivity contribution in [2.24, 2.45) is 0 Å². The number of carbonyl (C=O) groups is 1. The standard InChI is InChI=1S/C16H14F4N2O4S/c1-10(26-13-6-4-12(17)5-7-13)15(23)21-22-27(24,25)14-8-2-11(3-9-14)16(18,19)20/h2-10,22H,1H3,(H,21,23)/t10-/m0/s1. The van der Waals surface area contributed by atoms with E-state index in [4.69, 9.17) is 4.74 Å². The third-order valence-corrected chi connectivity index (χ3v) is 4.56. The van der Waals surface area contributed by atoms with Crippen molar-refractivity contribution in [3.8, 4) is 5.75 Å². The van der Waals surface area contributed by atoms with Gasteiger partial charge in [-0.05, 0) is 55.5 Å². The monoisotopic (exact) mass is 406 g/mol. The van der Waals surface area contributed by atoms with Gasteiger partial charge in [0.15, 0.2) is 6.10 Å². The number of hydrogen-bond donors (Lipinski definition) is 2. The topological polar surface area (TPSA) is 84.5 Å². The van der Waals surface area contributed by atoms with Crippen LogP contribution in [0.25, 0.3) is 0 Å². The lowest BCUT2D eigenvalue weighted by atomic mass is 10.2. The molecule has 0 saturated carbocycles. The maximum absolute atomic E-state index is 12.8. The van der Waals surface area contributed by atoms with E-state index in [0.29, 0.717) is 12.1 Å². The number of hydrogen-bond acceptors (Lipinski definition) is 4. The number of amides is 1. The average molecular weight is 406 g/mol. The van der Waals surface area contributed by atoms with Crippen molar-refractivity contribution in [3.05, 3.63) is 59.9 Å². The molecule has 0 fully saturated rings. The largest absolute Gasteiger partial charge is 0.481 e. The zero-order chi connectivity index (χ0) is 20.2. The summed E-state index contributed by atoms with van der Waals surface area (Å²) in [5.74, 6) is -1.18. The second-order valence-electron chi connectivity index (χ2n) is 5.33. The van der Waals surface area contributed by atoms with E-state index in [2.05, 4.69) is 0 Å². The number of benzene rings is 2. The summed E-state index contributed by atoms with van der Waals surface area (Å²) in [5, 5.41) is 0. The molecule has 0 aliphatic heterocycles. The van der Waals surface area contributed by atoms with Crippen LogP contribution in [0.4, 0.5) is 17.6 Å². The Kier molecular flexibility index (Phi) is 6.06. The molecule has 0 aliphatic rings. The third-order valence-electron chi connectivity index (χ3n) is 3.30. The lowest BCUT2D eigenvalue weighted by Crippen LogP contribution is -2.47. The molecule has 0 spiro atoms. The van der Waals surface area contributed by atoms with Gasteiger partial charge in [-0.3, -0.25) is 10.2 Å². The predicted octanol–water partition coefficient (Wildman–Crippen LogP) is 2.62. The molecule has 27 heavy (non-hydrogen) atoms. The molecular weight excluding hydrogens is 392 g/mol. The Balaban J connectivity index is 1.97. The van der Waals surface area contributed by atoms with Gasteiger partial charge in [0, 0.05) is 0 Å². The molecule has 0 heterocycles. The number of ether oxygens (including phenoxy) is 1. The van der Waals surface area contributed by atoms with E-state index in [1.54, 1.807) is 4.83 Å². The van der Waals surface area contributed by atoms with Gasteiger partial charge in [0.2, 0.25) is 0 Å². The lowest BCUT2D eigenvalue weighted by Gasteiger charge is -2.15. The van der Waals surface area contributed by atoms with E-state index in [0.717, 1.165) is 24.3 Å². The Hall–Kier alpha value is -2.66. The van der Waals surface area contributed by atoms with Crippen LogP contribution in [0.3, 0.4) is 0 Å². The molecule has 1 atom stereocenters. The first-order valence-electron chi connectivity index (χ1n) is 7.40. The smallest absolute Gasteiger partial charge is 0.416 e. The molecule has 0 aliphatic carbocycles. The van der Waals surface area contributed by atoms with Crippen molar-refractivity contribution in [1.29, 1.82) is 0 Å². The highest BCUT2D eigenvalue weighted by Crippen LogP contribution is 2.29. The van der Waals surface area contributed by atoms with Gasteiger partial charge in [0.05, 0.1) is 10.5 Å². The number of halogens is 4. The number of carbonyl (C=O) groups excluding carboxylic acids is 1. The van der Waals surface area contributed by atoms with Gasteiger partial charge in [-0.1, -0.05) is 0 Å². The highest BCUT2D eigenvalue weighted by molar-refractivity contribution is 7.89. The van der Waals surface area contributed by atoms with Crippen LogP contribution < -0.4 is 15.0 Å². The molecule has 6 nitrogen and oxygen atoms in total. The van der Waals surface area contributed by atoms with Crippen LogP contribution >= 0.6 is 0 Å². The van der Waals surface area contributed by atoms with Gasteiger partial charge in [0.25, 0.3) is 15.9 Å². The summed E-state index contributed by atoms with van der Waals surface area (Å²) in [6.07, 6.45) is -5.73. The van der Waals surface area contributed by atoms with Crippen molar-refractivity contribution in [3.63, 3.8) is 0 Å². The van der Waals surface area contributed by atoms with Gasteiger partial charge < -0.3 is 4.74 Å². The zero-order valence-electron chi connectivity index (χ0n) is 13.7. The Morgan fingerprint density at radius 3 is 2.11 bits per heavy atom. The van der Waals surface area contributed by atoms with Crippen molar-refractivity contribution in [1.82, 2.24) is 10.3 Å². The van der Waals surface area contributed by atoms with Crippen molar-refractivity contribution >= 4 is 15.9 Å². The van der Waals surface area contributed by atoms with Gasteiger partial charge in [0.1, 0.15) is 11.6 Å². The fraction of sp³-hybridized carbons (Fsp3) is 0.188. The summed E-state index contributed by atoms with van der Waals surface area (Å²) in [6.45, 7) is 1.32. The quantitative estimate of drug-likeness (QED) is 0.571. The first-order chi connectivity index (χ1) is 12.5. The first kappa shape index (κ1) is 20.6. The molecule has 2 N–H and O–H groups in total. The van der Waals surface area contributed by atoms with Crippen LogP contribution in [0.2, 0.25) is 0 Å². The van der Waals surface area contributed by atoms with Crippen LogP contribution in [-0.2, 0) is 21.0 Å². The number of hydrazine groups is 1. The summed E-state index contributed by atoms with van der Waals surface area (Å²) in [4.78, 5) is 13.2. The molecule has 0 aromatic heterocycles. The summed E-state index contributed by atoms with van der Waals surface area (Å²) >= 11 is 0. The number of alkyl halides is 3. The molecule has 2 aromatic carbocycles. The second kappa shape index (κ2) is 7.92. The minimum absolute atomic E-state index is 0.185. The normalized spacial score (nSPS) is 13.1. The van der Waals surface area contributed by atoms with Crippen molar-refractivity contribution in [2.45, 2.75) is 24.1 Å². The molecule has 2 aromatic rings. The maximum Gasteiger partial charge on any atom is 0.416 e. The molecule has 146 valence electrons. The highest BCUT2D eigenvalue weighted by Gasteiger charge is 2.30. The molecule has 1 amide bonds. The minimum Gasteiger partial charge on any atom is -0.481 e. The van der Waals surface area contributed by atoms with Crippen LogP contribution in [0.5, 0.6) is 5.75 Å². The Morgan fingerprint density at radius 2 is 1.59 bits per heavy atom. The molecule has 2 rings (SSSR count). The average Bonchev–Trinajstić information content (AvgIpc) is 2.61. The van der Waals surface area contributed by atoms with Crippen LogP contribution in [0.1, 0.15) is 12.5 Å². The van der Waals surface area contributed by atoms with Gasteiger partial charge in [-0.25, -0.2) is 12.8 Å². The maximum atomic E-state index is 12.8. The Morgan fingerprint density at radius 1 is 1.04 bits per heavy atom. The van der Waals surface area contributed by atoms with Gasteiger partial charge >= 0.3 is 6.18 Å². The van der Waals surface area contributed by atoms with Crippen LogP contribution in [-0.4, -0.2) is 20.4 Å². The Labute approximate surface area is 152 Å². The SMILES string of the molecule is C[C@H](Oc1ccc(F)cc1)C(=O)NNS(=O)(=O)c1ccc(C(F)(F)F)cc1. The van der Waals surface area contributed by atoms with Crippen molar-refractivity contribution < 1.29 is 35.5 Å². The summed E-state index contributed by atoms with van der Waals surface area (Å²) in [7, 11) is -4.28. The molecule has 0 unspecified atom stereocenters. The summed E-state index contributed by atoms with van der Waals surface area (Å²) in [5.41, 5.74) is 0.892. The zero-order valence-corrected chi connectivity index (χ0v) is 14.6. The van der Waals surface area contributed by atoms with E-state index >= 15 is 0 Å². The lowest BCUT2D eigenvalue weighted by molar-refractivity contribution is -0.137. The first-order valence-corrected chi connectivity index (χ1v) is 8.88. The number of sulfonamides is 1. The number of rotatable bonds is 6. The minimum atomic E-state index is -4.60. The fourth-order valence-electron chi connectivity index (χ4n) is 1.87. The van der Waals surface area contributed by atoms with E-state index in [1.807, 2.05) is 5.43 Å². The molecule has 11 heteroatoms. The van der Waals surface area contributed by atoms with E-state index in [9.17, 15) is 30.8 Å². The third kappa shape index (κ3) is 5.66. The highest BCUT2D eigenvalue weighted by atomic mass is 32.2. The van der Waals surface area contributed by atoms with Crippen LogP contribution in [0.15, 0.2) is 53.4 Å². The fourth-order valence-corrected chi connectivity index (χ4v) is 2.72. The predicted molar refractivity (Wildman–Crippen MR) is 86.4 cm³/mol. The summed E-state index contributed by atoms with van der Waals surface area (Å²) in [6, 6.07) is 7.54. The van der Waals surface area contributed by atoms with Gasteiger partial charge in [-0.15, -0.1) is 4.83 Å². The molecule has 0 saturated heterocycles. The number of nitrogens with one attached hydrogen (secondary N) is 2. The van der Waals surface area contributed by atoms with E-state index < -0.39 is 44.5 Å². The van der Waals surface area contributed by atoms with E-state index in [-0.39, 0.29) is 5.75 Å². The van der Waals surface area contributed by atoms with E-state index in [1.165, 1.54) is 19.1 Å². The van der Waals surface area contributed by atoms with Crippen LogP contribution in [0, 0.1) is 5.82 Å². The second-order valence-corrected chi connectivity index (χ2v) is 7.01. The summed E-state index contributed by atoms with van der Waals surface area (Å²) < 4.78 is 79.6. The molecule has 0 radical (unpaired) electrons. The molecular formula is C16H14F4N2O4S. The Bertz CT molecular complexity index is 898. The van der Waals surface area contributed by atoms with Gasteiger partial charge in [-0.2, -0.15) is 13.2 Å².